The van der Waals surface area contributed by atoms with Crippen molar-refractivity contribution in [2.75, 3.05) is 0 Å². The van der Waals surface area contributed by atoms with E-state index >= 15 is 0 Å². The monoisotopic (exact) mass is 261 g/mol. The van der Waals surface area contributed by atoms with Crippen molar-refractivity contribution in [2.24, 2.45) is 16.7 Å². The molecule has 2 heteroatoms. The van der Waals surface area contributed by atoms with Crippen LogP contribution >= 0.6 is 0 Å². The maximum Gasteiger partial charge on any atom is 0.123 e. The third-order valence-corrected chi connectivity index (χ3v) is 5.67. The quantitative estimate of drug-likeness (QED) is 0.862. The Morgan fingerprint density at radius 3 is 2.74 bits per heavy atom. The summed E-state index contributed by atoms with van der Waals surface area (Å²) in [5, 5.41) is 3.72. The number of fused-ring (bicyclic) bond motifs is 2. The first-order valence-corrected chi connectivity index (χ1v) is 7.40. The molecule has 104 valence electrons. The van der Waals surface area contributed by atoms with Crippen molar-refractivity contribution in [2.45, 2.75) is 52.6 Å². The van der Waals surface area contributed by atoms with Gasteiger partial charge in [0.05, 0.1) is 0 Å². The van der Waals surface area contributed by atoms with Gasteiger partial charge in [-0.2, -0.15) is 0 Å². The van der Waals surface area contributed by atoms with Crippen LogP contribution in [0.15, 0.2) is 24.3 Å². The van der Waals surface area contributed by atoms with E-state index in [0.29, 0.717) is 16.9 Å². The minimum Gasteiger partial charge on any atom is -0.309 e. The first-order chi connectivity index (χ1) is 8.92. The predicted molar refractivity (Wildman–Crippen MR) is 76.3 cm³/mol. The van der Waals surface area contributed by atoms with E-state index in [1.807, 2.05) is 6.07 Å². The van der Waals surface area contributed by atoms with Gasteiger partial charge in [-0.25, -0.2) is 4.39 Å². The molecule has 1 aromatic carbocycles. The Morgan fingerprint density at radius 1 is 1.32 bits per heavy atom. The second kappa shape index (κ2) is 4.31. The molecule has 0 amide bonds. The number of hydrogen-bond acceptors (Lipinski definition) is 1. The lowest BCUT2D eigenvalue weighted by atomic mass is 9.68. The van der Waals surface area contributed by atoms with Crippen LogP contribution in [0.1, 0.15) is 45.6 Å². The zero-order valence-electron chi connectivity index (χ0n) is 12.2. The SMILES string of the molecule is CC12CCC(C1)C(C)(C)C2NCc1cccc(F)c1. The van der Waals surface area contributed by atoms with Gasteiger partial charge < -0.3 is 5.32 Å². The highest BCUT2D eigenvalue weighted by Gasteiger charge is 2.58. The largest absolute Gasteiger partial charge is 0.309 e. The summed E-state index contributed by atoms with van der Waals surface area (Å²) in [7, 11) is 0. The summed E-state index contributed by atoms with van der Waals surface area (Å²) in [4.78, 5) is 0. The Bertz CT molecular complexity index is 477. The zero-order valence-corrected chi connectivity index (χ0v) is 12.2. The van der Waals surface area contributed by atoms with E-state index in [2.05, 4.69) is 26.1 Å². The average Bonchev–Trinajstić information content (AvgIpc) is 2.80. The lowest BCUT2D eigenvalue weighted by Crippen LogP contribution is -2.49. The topological polar surface area (TPSA) is 12.0 Å². The summed E-state index contributed by atoms with van der Waals surface area (Å²) in [6.45, 7) is 7.98. The first kappa shape index (κ1) is 13.1. The minimum absolute atomic E-state index is 0.141. The molecular formula is C17H24FN. The maximum atomic E-state index is 13.2. The Labute approximate surface area is 115 Å². The van der Waals surface area contributed by atoms with Gasteiger partial charge in [-0.15, -0.1) is 0 Å². The molecule has 19 heavy (non-hydrogen) atoms. The van der Waals surface area contributed by atoms with Crippen LogP contribution < -0.4 is 5.32 Å². The molecule has 2 aliphatic rings. The Morgan fingerprint density at radius 2 is 2.11 bits per heavy atom. The van der Waals surface area contributed by atoms with E-state index in [1.165, 1.54) is 25.3 Å². The summed E-state index contributed by atoms with van der Waals surface area (Å²) in [5.41, 5.74) is 1.84. The van der Waals surface area contributed by atoms with Crippen molar-refractivity contribution < 1.29 is 4.39 Å². The smallest absolute Gasteiger partial charge is 0.123 e. The average molecular weight is 261 g/mol. The van der Waals surface area contributed by atoms with Gasteiger partial charge in [0, 0.05) is 12.6 Å². The Kier molecular flexibility index (Phi) is 2.97. The van der Waals surface area contributed by atoms with Gasteiger partial charge in [0.2, 0.25) is 0 Å². The normalized spacial score (nSPS) is 35.8. The third kappa shape index (κ3) is 2.10. The van der Waals surface area contributed by atoms with Crippen LogP contribution in [0, 0.1) is 22.6 Å². The third-order valence-electron chi connectivity index (χ3n) is 5.67. The minimum atomic E-state index is -0.141. The molecule has 0 heterocycles. The first-order valence-electron chi connectivity index (χ1n) is 7.40. The van der Waals surface area contributed by atoms with E-state index in [4.69, 9.17) is 0 Å². The van der Waals surface area contributed by atoms with E-state index < -0.39 is 0 Å². The molecule has 2 aliphatic carbocycles. The predicted octanol–water partition coefficient (Wildman–Crippen LogP) is 4.13. The fraction of sp³-hybridized carbons (Fsp3) is 0.647. The summed E-state index contributed by atoms with van der Waals surface area (Å²) in [5.74, 6) is 0.709. The molecule has 3 unspecified atom stereocenters. The van der Waals surface area contributed by atoms with Crippen LogP contribution in [0.25, 0.3) is 0 Å². The standard InChI is InChI=1S/C17H24FN/c1-16(2)13-7-8-17(3,10-13)15(16)19-11-12-5-4-6-14(18)9-12/h4-6,9,13,15,19H,7-8,10-11H2,1-3H3. The molecule has 1 nitrogen and oxygen atoms in total. The Hall–Kier alpha value is -0.890. The molecule has 2 fully saturated rings. The highest BCUT2D eigenvalue weighted by molar-refractivity contribution is 5.18. The van der Waals surface area contributed by atoms with Crippen molar-refractivity contribution in [3.05, 3.63) is 35.6 Å². The van der Waals surface area contributed by atoms with E-state index in [9.17, 15) is 4.39 Å². The van der Waals surface area contributed by atoms with Crippen LogP contribution in [-0.2, 0) is 6.54 Å². The second-order valence-corrected chi connectivity index (χ2v) is 7.36. The van der Waals surface area contributed by atoms with Crippen molar-refractivity contribution in [3.63, 3.8) is 0 Å². The number of rotatable bonds is 3. The van der Waals surface area contributed by atoms with Crippen LogP contribution in [0.2, 0.25) is 0 Å². The molecule has 2 saturated carbocycles. The summed E-state index contributed by atoms with van der Waals surface area (Å²) in [6, 6.07) is 7.47. The van der Waals surface area contributed by atoms with E-state index in [-0.39, 0.29) is 5.82 Å². The molecule has 1 aromatic rings. The van der Waals surface area contributed by atoms with Crippen LogP contribution in [0.5, 0.6) is 0 Å². The van der Waals surface area contributed by atoms with E-state index in [0.717, 1.165) is 18.0 Å². The van der Waals surface area contributed by atoms with Crippen molar-refractivity contribution in [1.82, 2.24) is 5.32 Å². The summed E-state index contributed by atoms with van der Waals surface area (Å²) < 4.78 is 13.2. The summed E-state index contributed by atoms with van der Waals surface area (Å²) >= 11 is 0. The van der Waals surface area contributed by atoms with Gasteiger partial charge in [-0.1, -0.05) is 32.9 Å². The molecule has 0 radical (unpaired) electrons. The maximum absolute atomic E-state index is 13.2. The number of halogens is 1. The number of hydrogen-bond donors (Lipinski definition) is 1. The van der Waals surface area contributed by atoms with Crippen LogP contribution in [-0.4, -0.2) is 6.04 Å². The second-order valence-electron chi connectivity index (χ2n) is 7.36. The van der Waals surface area contributed by atoms with Crippen LogP contribution in [0.3, 0.4) is 0 Å². The van der Waals surface area contributed by atoms with Gasteiger partial charge >= 0.3 is 0 Å². The molecule has 0 aliphatic heterocycles. The van der Waals surface area contributed by atoms with Gasteiger partial charge in [0.25, 0.3) is 0 Å². The molecule has 2 bridgehead atoms. The molecule has 1 N–H and O–H groups in total. The molecule has 3 atom stereocenters. The van der Waals surface area contributed by atoms with Gasteiger partial charge in [-0.05, 0) is 53.7 Å². The van der Waals surface area contributed by atoms with Gasteiger partial charge in [-0.3, -0.25) is 0 Å². The fourth-order valence-corrected chi connectivity index (χ4v) is 4.68. The highest BCUT2D eigenvalue weighted by Crippen LogP contribution is 2.62. The molecule has 0 aromatic heterocycles. The highest BCUT2D eigenvalue weighted by atomic mass is 19.1. The van der Waals surface area contributed by atoms with Crippen molar-refractivity contribution in [3.8, 4) is 0 Å². The number of nitrogens with one attached hydrogen (secondary N) is 1. The molecule has 0 spiro atoms. The molecule has 0 saturated heterocycles. The fourth-order valence-electron chi connectivity index (χ4n) is 4.68. The van der Waals surface area contributed by atoms with Crippen molar-refractivity contribution in [1.29, 1.82) is 0 Å². The van der Waals surface area contributed by atoms with E-state index in [1.54, 1.807) is 12.1 Å². The molecule has 3 rings (SSSR count). The van der Waals surface area contributed by atoms with Crippen LogP contribution in [0.4, 0.5) is 4.39 Å². The lowest BCUT2D eigenvalue weighted by Gasteiger charge is -2.43. The zero-order chi connectivity index (χ0) is 13.7. The lowest BCUT2D eigenvalue weighted by molar-refractivity contribution is 0.108. The van der Waals surface area contributed by atoms with Crippen molar-refractivity contribution >= 4 is 0 Å². The number of benzene rings is 1. The van der Waals surface area contributed by atoms with Gasteiger partial charge in [0.1, 0.15) is 5.82 Å². The summed E-state index contributed by atoms with van der Waals surface area (Å²) in [6.07, 6.45) is 4.06. The Balaban J connectivity index is 1.73. The molecular weight excluding hydrogens is 237 g/mol. The van der Waals surface area contributed by atoms with Gasteiger partial charge in [0.15, 0.2) is 0 Å².